The maximum Gasteiger partial charge on any atom is 0.0680 e. The van der Waals surface area contributed by atoms with E-state index in [1.54, 1.807) is 6.08 Å². The first-order chi connectivity index (χ1) is 5.83. The molecule has 0 aromatic carbocycles. The fraction of sp³-hybridized carbons (Fsp3) is 0. The lowest BCUT2D eigenvalue weighted by Gasteiger charge is -1.96. The Balaban J connectivity index is 2.90. The summed E-state index contributed by atoms with van der Waals surface area (Å²) < 4.78 is 2.02. The van der Waals surface area contributed by atoms with Crippen LogP contribution in [0.15, 0.2) is 37.0 Å². The number of aromatic nitrogens is 1. The summed E-state index contributed by atoms with van der Waals surface area (Å²) in [5.41, 5.74) is 8.61. The van der Waals surface area contributed by atoms with E-state index >= 15 is 0 Å². The number of hydrogen-bond acceptors (Lipinski definition) is 1. The van der Waals surface area contributed by atoms with Gasteiger partial charge in [-0.05, 0) is 24.3 Å². The van der Waals surface area contributed by atoms with Crippen LogP contribution in [-0.2, 0) is 0 Å². The van der Waals surface area contributed by atoms with Gasteiger partial charge in [0.25, 0.3) is 0 Å². The second kappa shape index (κ2) is 2.41. The first-order valence-corrected chi connectivity index (χ1v) is 3.81. The van der Waals surface area contributed by atoms with Crippen molar-refractivity contribution in [2.75, 3.05) is 5.73 Å². The molecule has 0 fully saturated rings. The average Bonchev–Trinajstić information content (AvgIpc) is 2.40. The van der Waals surface area contributed by atoms with Gasteiger partial charge < -0.3 is 10.1 Å². The maximum atomic E-state index is 5.77. The zero-order valence-electron chi connectivity index (χ0n) is 6.70. The molecule has 2 nitrogen and oxygen atoms in total. The quantitative estimate of drug-likeness (QED) is 0.677. The van der Waals surface area contributed by atoms with Gasteiger partial charge in [-0.3, -0.25) is 0 Å². The predicted molar refractivity (Wildman–Crippen MR) is 51.9 cm³/mol. The molecule has 0 aliphatic rings. The number of nitrogens with zero attached hydrogens (tertiary/aromatic N) is 1. The molecule has 0 aliphatic heterocycles. The highest BCUT2D eigenvalue weighted by molar-refractivity contribution is 5.70. The Morgan fingerprint density at radius 2 is 2.25 bits per heavy atom. The zero-order chi connectivity index (χ0) is 8.55. The average molecular weight is 158 g/mol. The van der Waals surface area contributed by atoms with Gasteiger partial charge in [0, 0.05) is 11.7 Å². The van der Waals surface area contributed by atoms with E-state index in [0.717, 1.165) is 16.9 Å². The molecule has 2 rings (SSSR count). The summed E-state index contributed by atoms with van der Waals surface area (Å²) in [6.45, 7) is 3.71. The van der Waals surface area contributed by atoms with Gasteiger partial charge in [0.2, 0.25) is 0 Å². The Bertz CT molecular complexity index is 426. The van der Waals surface area contributed by atoms with Gasteiger partial charge in [-0.15, -0.1) is 0 Å². The summed E-state index contributed by atoms with van der Waals surface area (Å²) >= 11 is 0. The molecule has 2 aromatic rings. The number of hydrogen-bond donors (Lipinski definition) is 1. The minimum Gasteiger partial charge on any atom is -0.397 e. The van der Waals surface area contributed by atoms with Crippen molar-refractivity contribution in [3.63, 3.8) is 0 Å². The highest BCUT2D eigenvalue weighted by Crippen LogP contribution is 2.18. The number of nitrogen functional groups attached to an aromatic ring is 1. The number of nitrogens with two attached hydrogens (primary N) is 1. The fourth-order valence-electron chi connectivity index (χ4n) is 1.38. The minimum atomic E-state index is 0.774. The SMILES string of the molecule is C=Cc1c(N)cc2ccccn12. The number of rotatable bonds is 1. The van der Waals surface area contributed by atoms with Gasteiger partial charge in [0.1, 0.15) is 0 Å². The Labute approximate surface area is 70.9 Å². The van der Waals surface area contributed by atoms with E-state index in [1.807, 2.05) is 34.9 Å². The van der Waals surface area contributed by atoms with Crippen molar-refractivity contribution in [1.29, 1.82) is 0 Å². The van der Waals surface area contributed by atoms with Crippen molar-refractivity contribution in [2.45, 2.75) is 0 Å². The van der Waals surface area contributed by atoms with Crippen LogP contribution in [0.2, 0.25) is 0 Å². The Morgan fingerprint density at radius 1 is 1.42 bits per heavy atom. The topological polar surface area (TPSA) is 30.4 Å². The van der Waals surface area contributed by atoms with Crippen LogP contribution < -0.4 is 5.73 Å². The van der Waals surface area contributed by atoms with Crippen LogP contribution in [-0.4, -0.2) is 4.40 Å². The van der Waals surface area contributed by atoms with Gasteiger partial charge in [-0.25, -0.2) is 0 Å². The smallest absolute Gasteiger partial charge is 0.0680 e. The molecular formula is C10H10N2. The lowest BCUT2D eigenvalue weighted by atomic mass is 10.4. The van der Waals surface area contributed by atoms with Crippen molar-refractivity contribution in [2.24, 2.45) is 0 Å². The number of fused-ring (bicyclic) bond motifs is 1. The van der Waals surface area contributed by atoms with Crippen LogP contribution in [0.25, 0.3) is 11.6 Å². The van der Waals surface area contributed by atoms with Crippen LogP contribution in [0.3, 0.4) is 0 Å². The van der Waals surface area contributed by atoms with Crippen LogP contribution in [0.4, 0.5) is 5.69 Å². The standard InChI is InChI=1S/C10H10N2/c1-2-10-9(11)7-8-5-3-4-6-12(8)10/h2-7H,1,11H2. The molecule has 2 heteroatoms. The van der Waals surface area contributed by atoms with Crippen molar-refractivity contribution < 1.29 is 0 Å². The van der Waals surface area contributed by atoms with E-state index < -0.39 is 0 Å². The normalized spacial score (nSPS) is 10.3. The lowest BCUT2D eigenvalue weighted by molar-refractivity contribution is 1.18. The zero-order valence-corrected chi connectivity index (χ0v) is 6.70. The molecule has 0 aliphatic carbocycles. The molecule has 0 radical (unpaired) electrons. The molecule has 60 valence electrons. The highest BCUT2D eigenvalue weighted by Gasteiger charge is 2.01. The van der Waals surface area contributed by atoms with E-state index in [9.17, 15) is 0 Å². The van der Waals surface area contributed by atoms with E-state index in [4.69, 9.17) is 5.73 Å². The van der Waals surface area contributed by atoms with Gasteiger partial charge >= 0.3 is 0 Å². The second-order valence-electron chi connectivity index (χ2n) is 2.68. The molecule has 0 saturated carbocycles. The summed E-state index contributed by atoms with van der Waals surface area (Å²) in [5, 5.41) is 0. The summed E-state index contributed by atoms with van der Waals surface area (Å²) in [4.78, 5) is 0. The molecule has 0 spiro atoms. The summed E-state index contributed by atoms with van der Waals surface area (Å²) in [7, 11) is 0. The molecule has 2 heterocycles. The molecule has 0 unspecified atom stereocenters. The van der Waals surface area contributed by atoms with Crippen LogP contribution in [0, 0.1) is 0 Å². The van der Waals surface area contributed by atoms with Crippen LogP contribution in [0.5, 0.6) is 0 Å². The number of pyridine rings is 1. The predicted octanol–water partition coefficient (Wildman–Crippen LogP) is 2.16. The van der Waals surface area contributed by atoms with Crippen LogP contribution in [0.1, 0.15) is 5.69 Å². The third-order valence-corrected chi connectivity index (χ3v) is 1.94. The molecule has 2 N–H and O–H groups in total. The molecule has 2 aromatic heterocycles. The largest absolute Gasteiger partial charge is 0.397 e. The Morgan fingerprint density at radius 3 is 3.00 bits per heavy atom. The molecule has 0 bridgehead atoms. The van der Waals surface area contributed by atoms with E-state index in [-0.39, 0.29) is 0 Å². The number of anilines is 1. The lowest BCUT2D eigenvalue weighted by Crippen LogP contribution is -1.88. The highest BCUT2D eigenvalue weighted by atomic mass is 14.9. The molecular weight excluding hydrogens is 148 g/mol. The van der Waals surface area contributed by atoms with E-state index in [0.29, 0.717) is 0 Å². The fourth-order valence-corrected chi connectivity index (χ4v) is 1.38. The third-order valence-electron chi connectivity index (χ3n) is 1.94. The van der Waals surface area contributed by atoms with Crippen LogP contribution >= 0.6 is 0 Å². The summed E-state index contributed by atoms with van der Waals surface area (Å²) in [6, 6.07) is 7.92. The van der Waals surface area contributed by atoms with E-state index in [2.05, 4.69) is 6.58 Å². The van der Waals surface area contributed by atoms with Gasteiger partial charge in [-0.2, -0.15) is 0 Å². The van der Waals surface area contributed by atoms with Crippen molar-refractivity contribution in [1.82, 2.24) is 4.40 Å². The maximum absolute atomic E-state index is 5.77. The first-order valence-electron chi connectivity index (χ1n) is 3.81. The molecule has 0 amide bonds. The monoisotopic (exact) mass is 158 g/mol. The van der Waals surface area contributed by atoms with Crippen molar-refractivity contribution in [3.8, 4) is 0 Å². The Kier molecular flexibility index (Phi) is 1.40. The summed E-state index contributed by atoms with van der Waals surface area (Å²) in [6.07, 6.45) is 3.74. The second-order valence-corrected chi connectivity index (χ2v) is 2.68. The Hall–Kier alpha value is -1.70. The molecule has 0 saturated heterocycles. The molecule has 0 atom stereocenters. The third kappa shape index (κ3) is 0.815. The van der Waals surface area contributed by atoms with Gasteiger partial charge in [0.15, 0.2) is 0 Å². The minimum absolute atomic E-state index is 0.774. The first kappa shape index (κ1) is 6.98. The van der Waals surface area contributed by atoms with E-state index in [1.165, 1.54) is 0 Å². The summed E-state index contributed by atoms with van der Waals surface area (Å²) in [5.74, 6) is 0. The molecule has 12 heavy (non-hydrogen) atoms. The van der Waals surface area contributed by atoms with Gasteiger partial charge in [0.05, 0.1) is 11.4 Å². The van der Waals surface area contributed by atoms with Crippen molar-refractivity contribution in [3.05, 3.63) is 42.7 Å². The van der Waals surface area contributed by atoms with Gasteiger partial charge in [-0.1, -0.05) is 12.6 Å². The van der Waals surface area contributed by atoms with Crippen molar-refractivity contribution >= 4 is 17.3 Å².